The van der Waals surface area contributed by atoms with Crippen molar-refractivity contribution in [3.63, 3.8) is 0 Å². The average Bonchev–Trinajstić information content (AvgIpc) is 3.19. The Morgan fingerprint density at radius 1 is 1.25 bits per heavy atom. The summed E-state index contributed by atoms with van der Waals surface area (Å²) >= 11 is 0. The maximum atomic E-state index is 13.5. The number of ketones is 1. The van der Waals surface area contributed by atoms with E-state index in [9.17, 15) is 18.4 Å². The molecule has 0 atom stereocenters. The van der Waals surface area contributed by atoms with Crippen LogP contribution >= 0.6 is 0 Å². The van der Waals surface area contributed by atoms with Crippen LogP contribution in [0.5, 0.6) is 0 Å². The van der Waals surface area contributed by atoms with Gasteiger partial charge in [0, 0.05) is 18.4 Å². The number of carbonyl (C=O) groups excluding carboxylic acids is 1. The van der Waals surface area contributed by atoms with Gasteiger partial charge in [-0.15, -0.1) is 0 Å². The summed E-state index contributed by atoms with van der Waals surface area (Å²) in [4.78, 5) is 23.9. The first-order chi connectivity index (χ1) is 9.56. The summed E-state index contributed by atoms with van der Waals surface area (Å²) in [7, 11) is 0. The van der Waals surface area contributed by atoms with Crippen molar-refractivity contribution in [2.75, 3.05) is 0 Å². The molecular weight excluding hydrogens is 266 g/mol. The zero-order valence-corrected chi connectivity index (χ0v) is 10.6. The second-order valence-corrected chi connectivity index (χ2v) is 4.89. The zero-order chi connectivity index (χ0) is 14.3. The maximum absolute atomic E-state index is 13.5. The van der Waals surface area contributed by atoms with Crippen LogP contribution in [0.3, 0.4) is 0 Å². The Hall–Kier alpha value is -2.24. The van der Waals surface area contributed by atoms with Crippen LogP contribution < -0.4 is 5.69 Å². The van der Waals surface area contributed by atoms with Gasteiger partial charge in [-0.2, -0.15) is 0 Å². The van der Waals surface area contributed by atoms with Gasteiger partial charge in [0.15, 0.2) is 5.78 Å². The van der Waals surface area contributed by atoms with Gasteiger partial charge in [0.1, 0.15) is 11.6 Å². The minimum absolute atomic E-state index is 0.213. The molecule has 0 amide bonds. The molecule has 0 N–H and O–H groups in total. The molecule has 20 heavy (non-hydrogen) atoms. The van der Waals surface area contributed by atoms with E-state index in [-0.39, 0.29) is 23.8 Å². The van der Waals surface area contributed by atoms with Crippen LogP contribution in [0.1, 0.15) is 29.2 Å². The van der Waals surface area contributed by atoms with E-state index in [1.54, 1.807) is 10.8 Å². The van der Waals surface area contributed by atoms with Crippen molar-refractivity contribution in [2.45, 2.75) is 25.4 Å². The van der Waals surface area contributed by atoms with E-state index in [1.807, 2.05) is 0 Å². The Bertz CT molecular complexity index is 729. The topological polar surface area (TPSA) is 44.0 Å². The quantitative estimate of drug-likeness (QED) is 0.804. The molecule has 2 aromatic rings. The molecule has 1 aromatic heterocycles. The van der Waals surface area contributed by atoms with Crippen molar-refractivity contribution in [3.05, 3.63) is 58.3 Å². The molecule has 0 bridgehead atoms. The fourth-order valence-corrected chi connectivity index (χ4v) is 2.13. The van der Waals surface area contributed by atoms with E-state index in [2.05, 4.69) is 0 Å². The molecular formula is C14H12F2N2O2. The third-order valence-electron chi connectivity index (χ3n) is 3.36. The first-order valence-electron chi connectivity index (χ1n) is 6.32. The summed E-state index contributed by atoms with van der Waals surface area (Å²) in [6, 6.07) is 2.91. The molecule has 1 saturated carbocycles. The first kappa shape index (κ1) is 12.8. The predicted molar refractivity (Wildman–Crippen MR) is 67.7 cm³/mol. The van der Waals surface area contributed by atoms with Crippen molar-refractivity contribution in [1.29, 1.82) is 0 Å². The number of aromatic nitrogens is 2. The minimum atomic E-state index is -0.786. The maximum Gasteiger partial charge on any atom is 0.328 e. The molecule has 3 rings (SSSR count). The lowest BCUT2D eigenvalue weighted by molar-refractivity contribution is 0.0966. The average molecular weight is 278 g/mol. The van der Waals surface area contributed by atoms with Crippen LogP contribution in [0.25, 0.3) is 0 Å². The van der Waals surface area contributed by atoms with Gasteiger partial charge in [-0.1, -0.05) is 0 Å². The summed E-state index contributed by atoms with van der Waals surface area (Å²) < 4.78 is 29.3. The van der Waals surface area contributed by atoms with E-state index in [1.165, 1.54) is 10.8 Å². The lowest BCUT2D eigenvalue weighted by Crippen LogP contribution is -2.26. The number of hydrogen-bond donors (Lipinski definition) is 0. The molecule has 0 unspecified atom stereocenters. The number of hydrogen-bond acceptors (Lipinski definition) is 2. The molecule has 104 valence electrons. The molecule has 0 spiro atoms. The highest BCUT2D eigenvalue weighted by Gasteiger charge is 2.26. The second-order valence-electron chi connectivity index (χ2n) is 4.89. The molecule has 6 heteroatoms. The van der Waals surface area contributed by atoms with Crippen LogP contribution in [0, 0.1) is 11.6 Å². The number of rotatable bonds is 4. The summed E-state index contributed by atoms with van der Waals surface area (Å²) in [5, 5.41) is 0. The number of carbonyl (C=O) groups is 1. The van der Waals surface area contributed by atoms with Gasteiger partial charge >= 0.3 is 5.69 Å². The van der Waals surface area contributed by atoms with Crippen LogP contribution in [-0.2, 0) is 6.54 Å². The van der Waals surface area contributed by atoms with Gasteiger partial charge in [0.2, 0.25) is 0 Å². The van der Waals surface area contributed by atoms with Gasteiger partial charge in [-0.05, 0) is 31.0 Å². The van der Waals surface area contributed by atoms with Crippen molar-refractivity contribution >= 4 is 5.78 Å². The fourth-order valence-electron chi connectivity index (χ4n) is 2.13. The van der Waals surface area contributed by atoms with E-state index >= 15 is 0 Å². The number of Topliss-reactive ketones (excluding diaryl/α,β-unsaturated/α-hetero) is 1. The van der Waals surface area contributed by atoms with E-state index < -0.39 is 17.4 Å². The van der Waals surface area contributed by atoms with Crippen LogP contribution in [0.15, 0.2) is 35.4 Å². The SMILES string of the molecule is O=C(Cn1ccn(C2CC2)c1=O)c1cc(F)ccc1F. The smallest absolute Gasteiger partial charge is 0.296 e. The third-order valence-corrected chi connectivity index (χ3v) is 3.36. The zero-order valence-electron chi connectivity index (χ0n) is 10.6. The Kier molecular flexibility index (Phi) is 3.00. The molecule has 1 fully saturated rings. The van der Waals surface area contributed by atoms with Crippen molar-refractivity contribution < 1.29 is 13.6 Å². The highest BCUT2D eigenvalue weighted by atomic mass is 19.1. The summed E-state index contributed by atoms with van der Waals surface area (Å²) in [5.41, 5.74) is -0.631. The monoisotopic (exact) mass is 278 g/mol. The predicted octanol–water partition coefficient (Wildman–Crippen LogP) is 2.15. The third kappa shape index (κ3) is 2.29. The number of nitrogens with zero attached hydrogens (tertiary/aromatic N) is 2. The molecule has 0 saturated heterocycles. The van der Waals surface area contributed by atoms with Gasteiger partial charge in [0.05, 0.1) is 12.1 Å². The van der Waals surface area contributed by atoms with Gasteiger partial charge in [-0.25, -0.2) is 13.6 Å². The van der Waals surface area contributed by atoms with Gasteiger partial charge < -0.3 is 0 Å². The van der Waals surface area contributed by atoms with Crippen LogP contribution in [0.2, 0.25) is 0 Å². The summed E-state index contributed by atoms with van der Waals surface area (Å²) in [5.74, 6) is -2.10. The Balaban J connectivity index is 1.85. The summed E-state index contributed by atoms with van der Waals surface area (Å²) in [6.07, 6.45) is 5.03. The fraction of sp³-hybridized carbons (Fsp3) is 0.286. The molecule has 0 aliphatic heterocycles. The second kappa shape index (κ2) is 4.70. The highest BCUT2D eigenvalue weighted by Crippen LogP contribution is 2.33. The van der Waals surface area contributed by atoms with Crippen LogP contribution in [0.4, 0.5) is 8.78 Å². The number of imidazole rings is 1. The highest BCUT2D eigenvalue weighted by molar-refractivity contribution is 5.96. The minimum Gasteiger partial charge on any atom is -0.296 e. The molecule has 0 radical (unpaired) electrons. The van der Waals surface area contributed by atoms with Crippen molar-refractivity contribution in [3.8, 4) is 0 Å². The largest absolute Gasteiger partial charge is 0.328 e. The normalized spacial score (nSPS) is 14.5. The lowest BCUT2D eigenvalue weighted by atomic mass is 10.1. The Morgan fingerprint density at radius 2 is 2.00 bits per heavy atom. The van der Waals surface area contributed by atoms with Crippen molar-refractivity contribution in [1.82, 2.24) is 9.13 Å². The molecule has 1 aliphatic carbocycles. The van der Waals surface area contributed by atoms with E-state index in [0.29, 0.717) is 0 Å². The van der Waals surface area contributed by atoms with Gasteiger partial charge in [0.25, 0.3) is 0 Å². The number of benzene rings is 1. The summed E-state index contributed by atoms with van der Waals surface area (Å²) in [6.45, 7) is -0.293. The van der Waals surface area contributed by atoms with Crippen molar-refractivity contribution in [2.24, 2.45) is 0 Å². The molecule has 1 aromatic carbocycles. The molecule has 1 heterocycles. The standard InChI is InChI=1S/C14H12F2N2O2/c15-9-1-4-12(16)11(7-9)13(19)8-17-5-6-18(14(17)20)10-2-3-10/h1,4-7,10H,2-3,8H2. The van der Waals surface area contributed by atoms with Crippen LogP contribution in [-0.4, -0.2) is 14.9 Å². The Labute approximate surface area is 113 Å². The van der Waals surface area contributed by atoms with E-state index in [0.717, 1.165) is 31.0 Å². The van der Waals surface area contributed by atoms with E-state index in [4.69, 9.17) is 0 Å². The van der Waals surface area contributed by atoms with Gasteiger partial charge in [-0.3, -0.25) is 13.9 Å². The first-order valence-corrected chi connectivity index (χ1v) is 6.32. The number of halogens is 2. The molecule has 4 nitrogen and oxygen atoms in total. The lowest BCUT2D eigenvalue weighted by Gasteiger charge is -2.03. The molecule has 1 aliphatic rings. The Morgan fingerprint density at radius 3 is 2.70 bits per heavy atom.